The summed E-state index contributed by atoms with van der Waals surface area (Å²) >= 11 is 0. The normalized spacial score (nSPS) is 10.4. The first-order chi connectivity index (χ1) is 9.69. The molecule has 2 aromatic carbocycles. The lowest BCUT2D eigenvalue weighted by Gasteiger charge is -2.07. The van der Waals surface area contributed by atoms with E-state index in [1.807, 2.05) is 18.2 Å². The van der Waals surface area contributed by atoms with Crippen LogP contribution in [0.3, 0.4) is 0 Å². The SMILES string of the molecule is CCc1ccc(CNCc2cccc(C(N)=O)c2)cc1. The smallest absolute Gasteiger partial charge is 0.248 e. The van der Waals surface area contributed by atoms with Crippen LogP contribution in [0.5, 0.6) is 0 Å². The second-order valence-electron chi connectivity index (χ2n) is 4.84. The van der Waals surface area contributed by atoms with E-state index >= 15 is 0 Å². The van der Waals surface area contributed by atoms with Gasteiger partial charge < -0.3 is 11.1 Å². The van der Waals surface area contributed by atoms with E-state index in [0.29, 0.717) is 5.56 Å². The van der Waals surface area contributed by atoms with Gasteiger partial charge in [-0.3, -0.25) is 4.79 Å². The third-order valence-electron chi connectivity index (χ3n) is 3.30. The fraction of sp³-hybridized carbons (Fsp3) is 0.235. The molecule has 1 amide bonds. The number of carbonyl (C=O) groups excluding carboxylic acids is 1. The number of amides is 1. The van der Waals surface area contributed by atoms with Crippen molar-refractivity contribution in [1.82, 2.24) is 5.32 Å². The second-order valence-corrected chi connectivity index (χ2v) is 4.84. The van der Waals surface area contributed by atoms with Crippen molar-refractivity contribution >= 4 is 5.91 Å². The molecule has 0 radical (unpaired) electrons. The van der Waals surface area contributed by atoms with E-state index in [1.54, 1.807) is 6.07 Å². The van der Waals surface area contributed by atoms with Crippen LogP contribution in [-0.2, 0) is 19.5 Å². The lowest BCUT2D eigenvalue weighted by atomic mass is 10.1. The molecule has 104 valence electrons. The van der Waals surface area contributed by atoms with E-state index in [2.05, 4.69) is 36.5 Å². The Morgan fingerprint density at radius 2 is 1.65 bits per heavy atom. The maximum atomic E-state index is 11.1. The highest BCUT2D eigenvalue weighted by Gasteiger charge is 2.01. The molecule has 0 aliphatic rings. The van der Waals surface area contributed by atoms with Crippen LogP contribution in [0, 0.1) is 0 Å². The van der Waals surface area contributed by atoms with Crippen molar-refractivity contribution in [3.63, 3.8) is 0 Å². The number of benzene rings is 2. The largest absolute Gasteiger partial charge is 0.366 e. The molecule has 0 aliphatic heterocycles. The van der Waals surface area contributed by atoms with Gasteiger partial charge >= 0.3 is 0 Å². The third-order valence-corrected chi connectivity index (χ3v) is 3.30. The fourth-order valence-electron chi connectivity index (χ4n) is 2.08. The van der Waals surface area contributed by atoms with Crippen LogP contribution in [0.15, 0.2) is 48.5 Å². The zero-order valence-electron chi connectivity index (χ0n) is 11.7. The van der Waals surface area contributed by atoms with Gasteiger partial charge in [0.05, 0.1) is 0 Å². The summed E-state index contributed by atoms with van der Waals surface area (Å²) in [6, 6.07) is 16.0. The molecule has 2 rings (SSSR count). The first-order valence-corrected chi connectivity index (χ1v) is 6.86. The Labute approximate surface area is 119 Å². The molecule has 0 saturated heterocycles. The van der Waals surface area contributed by atoms with Crippen LogP contribution in [-0.4, -0.2) is 5.91 Å². The highest BCUT2D eigenvalue weighted by Crippen LogP contribution is 2.07. The molecule has 0 spiro atoms. The van der Waals surface area contributed by atoms with Crippen molar-refractivity contribution < 1.29 is 4.79 Å². The molecule has 3 nitrogen and oxygen atoms in total. The molecule has 0 unspecified atom stereocenters. The summed E-state index contributed by atoms with van der Waals surface area (Å²) in [5.41, 5.74) is 9.49. The summed E-state index contributed by atoms with van der Waals surface area (Å²) in [6.45, 7) is 3.68. The Balaban J connectivity index is 1.88. The Bertz CT molecular complexity index is 576. The van der Waals surface area contributed by atoms with Gasteiger partial charge in [-0.2, -0.15) is 0 Å². The van der Waals surface area contributed by atoms with Crippen molar-refractivity contribution in [2.75, 3.05) is 0 Å². The third kappa shape index (κ3) is 3.93. The van der Waals surface area contributed by atoms with Gasteiger partial charge in [-0.1, -0.05) is 43.3 Å². The van der Waals surface area contributed by atoms with Crippen molar-refractivity contribution in [2.24, 2.45) is 5.73 Å². The van der Waals surface area contributed by atoms with Crippen molar-refractivity contribution in [3.8, 4) is 0 Å². The van der Waals surface area contributed by atoms with E-state index in [-0.39, 0.29) is 5.91 Å². The molecule has 0 heterocycles. The molecule has 20 heavy (non-hydrogen) atoms. The Morgan fingerprint density at radius 3 is 2.30 bits per heavy atom. The van der Waals surface area contributed by atoms with E-state index < -0.39 is 0 Å². The van der Waals surface area contributed by atoms with Crippen molar-refractivity contribution in [3.05, 3.63) is 70.8 Å². The topological polar surface area (TPSA) is 55.1 Å². The molecule has 0 bridgehead atoms. The zero-order valence-corrected chi connectivity index (χ0v) is 11.7. The van der Waals surface area contributed by atoms with Gasteiger partial charge in [-0.05, 0) is 35.2 Å². The van der Waals surface area contributed by atoms with Gasteiger partial charge in [0, 0.05) is 18.7 Å². The van der Waals surface area contributed by atoms with Crippen LogP contribution < -0.4 is 11.1 Å². The van der Waals surface area contributed by atoms with Gasteiger partial charge in [0.25, 0.3) is 0 Å². The molecule has 0 aliphatic carbocycles. The lowest BCUT2D eigenvalue weighted by molar-refractivity contribution is 0.1000. The summed E-state index contributed by atoms with van der Waals surface area (Å²) in [5.74, 6) is -0.387. The van der Waals surface area contributed by atoms with E-state index in [9.17, 15) is 4.79 Å². The number of rotatable bonds is 6. The molecule has 0 fully saturated rings. The number of nitrogens with one attached hydrogen (secondary N) is 1. The fourth-order valence-corrected chi connectivity index (χ4v) is 2.08. The van der Waals surface area contributed by atoms with E-state index in [0.717, 1.165) is 25.1 Å². The van der Waals surface area contributed by atoms with Gasteiger partial charge in [-0.15, -0.1) is 0 Å². The van der Waals surface area contributed by atoms with Crippen LogP contribution in [0.1, 0.15) is 34.0 Å². The molecule has 0 aromatic heterocycles. The van der Waals surface area contributed by atoms with Gasteiger partial charge in [-0.25, -0.2) is 0 Å². The quantitative estimate of drug-likeness (QED) is 0.846. The minimum atomic E-state index is -0.387. The Hall–Kier alpha value is -2.13. The first kappa shape index (κ1) is 14.3. The molecule has 0 saturated carbocycles. The molecule has 3 N–H and O–H groups in total. The van der Waals surface area contributed by atoms with Crippen molar-refractivity contribution in [1.29, 1.82) is 0 Å². The predicted molar refractivity (Wildman–Crippen MR) is 81.3 cm³/mol. The number of carbonyl (C=O) groups is 1. The summed E-state index contributed by atoms with van der Waals surface area (Å²) in [7, 11) is 0. The van der Waals surface area contributed by atoms with Gasteiger partial charge in [0.2, 0.25) is 5.91 Å². The number of nitrogens with two attached hydrogens (primary N) is 1. The number of aryl methyl sites for hydroxylation is 1. The van der Waals surface area contributed by atoms with Gasteiger partial charge in [0.15, 0.2) is 0 Å². The standard InChI is InChI=1S/C17H20N2O/c1-2-13-6-8-14(9-7-13)11-19-12-15-4-3-5-16(10-15)17(18)20/h3-10,19H,2,11-12H2,1H3,(H2,18,20). The molecular weight excluding hydrogens is 248 g/mol. The van der Waals surface area contributed by atoms with Crippen molar-refractivity contribution in [2.45, 2.75) is 26.4 Å². The lowest BCUT2D eigenvalue weighted by Crippen LogP contribution is -2.14. The summed E-state index contributed by atoms with van der Waals surface area (Å²) in [4.78, 5) is 11.1. The molecule has 3 heteroatoms. The summed E-state index contributed by atoms with van der Waals surface area (Å²) < 4.78 is 0. The zero-order chi connectivity index (χ0) is 14.4. The van der Waals surface area contributed by atoms with Crippen LogP contribution in [0.4, 0.5) is 0 Å². The molecule has 0 atom stereocenters. The van der Waals surface area contributed by atoms with Crippen LogP contribution >= 0.6 is 0 Å². The number of hydrogen-bond donors (Lipinski definition) is 2. The monoisotopic (exact) mass is 268 g/mol. The second kappa shape index (κ2) is 6.87. The average Bonchev–Trinajstić information content (AvgIpc) is 2.48. The highest BCUT2D eigenvalue weighted by atomic mass is 16.1. The van der Waals surface area contributed by atoms with E-state index in [1.165, 1.54) is 11.1 Å². The number of hydrogen-bond acceptors (Lipinski definition) is 2. The molecular formula is C17H20N2O. The maximum Gasteiger partial charge on any atom is 0.248 e. The van der Waals surface area contributed by atoms with Crippen LogP contribution in [0.2, 0.25) is 0 Å². The van der Waals surface area contributed by atoms with Crippen LogP contribution in [0.25, 0.3) is 0 Å². The minimum absolute atomic E-state index is 0.387. The molecule has 2 aromatic rings. The Kier molecular flexibility index (Phi) is 4.91. The van der Waals surface area contributed by atoms with Gasteiger partial charge in [0.1, 0.15) is 0 Å². The number of primary amides is 1. The minimum Gasteiger partial charge on any atom is -0.366 e. The highest BCUT2D eigenvalue weighted by molar-refractivity contribution is 5.92. The average molecular weight is 268 g/mol. The van der Waals surface area contributed by atoms with E-state index in [4.69, 9.17) is 5.73 Å². The predicted octanol–water partition coefficient (Wildman–Crippen LogP) is 2.64. The maximum absolute atomic E-state index is 11.1. The summed E-state index contributed by atoms with van der Waals surface area (Å²) in [6.07, 6.45) is 1.06. The Morgan fingerprint density at radius 1 is 1.00 bits per heavy atom. The summed E-state index contributed by atoms with van der Waals surface area (Å²) in [5, 5.41) is 3.37. The first-order valence-electron chi connectivity index (χ1n) is 6.86.